The van der Waals surface area contributed by atoms with Gasteiger partial charge >= 0.3 is 0 Å². The Morgan fingerprint density at radius 2 is 2.31 bits per heavy atom. The highest BCUT2D eigenvalue weighted by Gasteiger charge is 2.14. The third-order valence-electron chi connectivity index (χ3n) is 2.14. The second-order valence-corrected chi connectivity index (χ2v) is 3.97. The number of nitrogens with one attached hydrogen (secondary N) is 1. The van der Waals surface area contributed by atoms with E-state index < -0.39 is 0 Å². The van der Waals surface area contributed by atoms with E-state index in [1.54, 1.807) is 11.3 Å². The van der Waals surface area contributed by atoms with E-state index in [1.165, 1.54) is 6.33 Å². The van der Waals surface area contributed by atoms with Gasteiger partial charge in [-0.15, -0.1) is 0 Å². The van der Waals surface area contributed by atoms with Crippen LogP contribution in [0.4, 0.5) is 0 Å². The van der Waals surface area contributed by atoms with Crippen LogP contribution >= 0.6 is 11.3 Å². The van der Waals surface area contributed by atoms with Crippen LogP contribution in [0.25, 0.3) is 23.1 Å². The van der Waals surface area contributed by atoms with Gasteiger partial charge in [0.05, 0.1) is 5.56 Å². The number of hydrogen-bond acceptors (Lipinski definition) is 6. The van der Waals surface area contributed by atoms with Crippen LogP contribution in [0.3, 0.4) is 0 Å². The van der Waals surface area contributed by atoms with Crippen molar-refractivity contribution in [3.05, 3.63) is 22.7 Å². The molecule has 0 saturated heterocycles. The van der Waals surface area contributed by atoms with Gasteiger partial charge in [0.1, 0.15) is 6.33 Å². The number of H-pyrrole nitrogens is 1. The molecule has 1 N–H and O–H groups in total. The number of aromatic nitrogens is 5. The first-order valence-corrected chi connectivity index (χ1v) is 5.51. The van der Waals surface area contributed by atoms with Gasteiger partial charge in [-0.1, -0.05) is 5.16 Å². The quantitative estimate of drug-likeness (QED) is 0.731. The minimum atomic E-state index is 0.415. The number of thiophene rings is 1. The largest absolute Gasteiger partial charge is 0.333 e. The first-order chi connectivity index (χ1) is 7.84. The van der Waals surface area contributed by atoms with Crippen molar-refractivity contribution in [1.29, 1.82) is 0 Å². The van der Waals surface area contributed by atoms with Gasteiger partial charge in [-0.2, -0.15) is 21.4 Å². The van der Waals surface area contributed by atoms with E-state index in [2.05, 4.69) is 25.3 Å². The number of rotatable bonds is 2. The zero-order valence-corrected chi connectivity index (χ0v) is 9.15. The zero-order valence-electron chi connectivity index (χ0n) is 8.34. The van der Waals surface area contributed by atoms with Crippen molar-refractivity contribution < 1.29 is 4.52 Å². The van der Waals surface area contributed by atoms with E-state index in [4.69, 9.17) is 4.52 Å². The van der Waals surface area contributed by atoms with Gasteiger partial charge in [0.25, 0.3) is 5.89 Å². The van der Waals surface area contributed by atoms with Crippen LogP contribution in [0, 0.1) is 6.92 Å². The van der Waals surface area contributed by atoms with Crippen molar-refractivity contribution in [1.82, 2.24) is 25.3 Å². The Bertz CT molecular complexity index is 597. The lowest BCUT2D eigenvalue weighted by atomic mass is 10.2. The first kappa shape index (κ1) is 9.22. The fraction of sp³-hybridized carbons (Fsp3) is 0.111. The molecule has 0 spiro atoms. The molecule has 3 aromatic heterocycles. The highest BCUT2D eigenvalue weighted by molar-refractivity contribution is 7.08. The van der Waals surface area contributed by atoms with E-state index in [9.17, 15) is 0 Å². The summed E-state index contributed by atoms with van der Waals surface area (Å²) in [6.07, 6.45) is 1.40. The van der Waals surface area contributed by atoms with Crippen LogP contribution in [0.15, 0.2) is 21.6 Å². The van der Waals surface area contributed by atoms with Crippen molar-refractivity contribution in [2.45, 2.75) is 6.92 Å². The van der Waals surface area contributed by atoms with Crippen LogP contribution in [0.5, 0.6) is 0 Å². The summed E-state index contributed by atoms with van der Waals surface area (Å²) < 4.78 is 5.17. The summed E-state index contributed by atoms with van der Waals surface area (Å²) >= 11 is 1.60. The molecule has 0 aromatic carbocycles. The summed E-state index contributed by atoms with van der Waals surface area (Å²) in [7, 11) is 0. The Labute approximate surface area is 94.4 Å². The zero-order chi connectivity index (χ0) is 11.0. The average Bonchev–Trinajstić information content (AvgIpc) is 2.96. The van der Waals surface area contributed by atoms with Gasteiger partial charge < -0.3 is 4.52 Å². The molecule has 0 radical (unpaired) electrons. The lowest BCUT2D eigenvalue weighted by Crippen LogP contribution is -1.83. The number of aryl methyl sites for hydroxylation is 1. The molecule has 0 unspecified atom stereocenters. The van der Waals surface area contributed by atoms with Gasteiger partial charge in [-0.05, 0) is 17.9 Å². The van der Waals surface area contributed by atoms with Crippen LogP contribution < -0.4 is 0 Å². The normalized spacial score (nSPS) is 10.8. The molecule has 0 atom stereocenters. The SMILES string of the molecule is Cc1cscc1-c1nc(-c2ncn[nH]2)no1. The predicted octanol–water partition coefficient (Wildman–Crippen LogP) is 1.89. The molecular weight excluding hydrogens is 226 g/mol. The Hall–Kier alpha value is -2.02. The Morgan fingerprint density at radius 1 is 1.38 bits per heavy atom. The molecule has 3 heterocycles. The molecule has 0 aliphatic heterocycles. The topological polar surface area (TPSA) is 80.5 Å². The summed E-state index contributed by atoms with van der Waals surface area (Å²) in [5, 5.41) is 14.3. The van der Waals surface area contributed by atoms with Crippen LogP contribution in [-0.2, 0) is 0 Å². The minimum Gasteiger partial charge on any atom is -0.333 e. The molecule has 80 valence electrons. The molecule has 3 rings (SSSR count). The summed E-state index contributed by atoms with van der Waals surface area (Å²) in [5.74, 6) is 1.42. The highest BCUT2D eigenvalue weighted by Crippen LogP contribution is 2.26. The molecule has 0 amide bonds. The Morgan fingerprint density at radius 3 is 3.00 bits per heavy atom. The molecule has 0 bridgehead atoms. The van der Waals surface area contributed by atoms with Crippen molar-refractivity contribution in [3.8, 4) is 23.1 Å². The van der Waals surface area contributed by atoms with Crippen molar-refractivity contribution in [2.75, 3.05) is 0 Å². The lowest BCUT2D eigenvalue weighted by molar-refractivity contribution is 0.432. The molecule has 3 aromatic rings. The molecule has 0 saturated carbocycles. The number of nitrogens with zero attached hydrogens (tertiary/aromatic N) is 4. The number of aromatic amines is 1. The van der Waals surface area contributed by atoms with Crippen LogP contribution in [-0.4, -0.2) is 25.3 Å². The highest BCUT2D eigenvalue weighted by atomic mass is 32.1. The van der Waals surface area contributed by atoms with Gasteiger partial charge in [0.15, 0.2) is 5.82 Å². The third-order valence-corrected chi connectivity index (χ3v) is 3.00. The van der Waals surface area contributed by atoms with Gasteiger partial charge in [0.2, 0.25) is 5.82 Å². The fourth-order valence-corrected chi connectivity index (χ4v) is 2.14. The fourth-order valence-electron chi connectivity index (χ4n) is 1.32. The van der Waals surface area contributed by atoms with Gasteiger partial charge in [0, 0.05) is 5.38 Å². The second kappa shape index (κ2) is 3.53. The maximum atomic E-state index is 5.17. The van der Waals surface area contributed by atoms with E-state index >= 15 is 0 Å². The molecule has 0 fully saturated rings. The molecule has 7 heteroatoms. The standard InChI is InChI=1S/C9H7N5OS/c1-5-2-16-3-6(5)9-12-8(14-15-9)7-10-4-11-13-7/h2-4H,1H3,(H,10,11,13). The minimum absolute atomic E-state index is 0.415. The summed E-state index contributed by atoms with van der Waals surface area (Å²) in [5.41, 5.74) is 2.08. The van der Waals surface area contributed by atoms with Gasteiger partial charge in [-0.25, -0.2) is 4.98 Å². The summed E-state index contributed by atoms with van der Waals surface area (Å²) in [6.45, 7) is 2.00. The maximum Gasteiger partial charge on any atom is 0.259 e. The van der Waals surface area contributed by atoms with Crippen LogP contribution in [0.2, 0.25) is 0 Å². The third kappa shape index (κ3) is 1.41. The Kier molecular flexibility index (Phi) is 2.03. The van der Waals surface area contributed by atoms with Crippen molar-refractivity contribution in [3.63, 3.8) is 0 Å². The predicted molar refractivity (Wildman–Crippen MR) is 57.7 cm³/mol. The first-order valence-electron chi connectivity index (χ1n) is 4.57. The molecule has 0 aliphatic carbocycles. The van der Waals surface area contributed by atoms with E-state index in [1.807, 2.05) is 17.7 Å². The maximum absolute atomic E-state index is 5.17. The average molecular weight is 233 g/mol. The lowest BCUT2D eigenvalue weighted by Gasteiger charge is -1.88. The van der Waals surface area contributed by atoms with Crippen molar-refractivity contribution >= 4 is 11.3 Å². The van der Waals surface area contributed by atoms with Gasteiger partial charge in [-0.3, -0.25) is 5.10 Å². The second-order valence-electron chi connectivity index (χ2n) is 3.23. The smallest absolute Gasteiger partial charge is 0.259 e. The molecule has 6 nitrogen and oxygen atoms in total. The van der Waals surface area contributed by atoms with Crippen molar-refractivity contribution in [2.24, 2.45) is 0 Å². The van der Waals surface area contributed by atoms with E-state index in [0.717, 1.165) is 11.1 Å². The number of hydrogen-bond donors (Lipinski definition) is 1. The van der Waals surface area contributed by atoms with E-state index in [-0.39, 0.29) is 0 Å². The van der Waals surface area contributed by atoms with E-state index in [0.29, 0.717) is 17.5 Å². The summed E-state index contributed by atoms with van der Waals surface area (Å²) in [4.78, 5) is 8.21. The van der Waals surface area contributed by atoms with Crippen LogP contribution in [0.1, 0.15) is 5.56 Å². The Balaban J connectivity index is 2.03. The monoisotopic (exact) mass is 233 g/mol. The summed E-state index contributed by atoms with van der Waals surface area (Å²) in [6, 6.07) is 0. The molecular formula is C9H7N5OS. The molecule has 16 heavy (non-hydrogen) atoms. The molecule has 0 aliphatic rings.